The van der Waals surface area contributed by atoms with Crippen molar-refractivity contribution in [2.75, 3.05) is 5.32 Å². The van der Waals surface area contributed by atoms with Crippen molar-refractivity contribution in [1.29, 1.82) is 0 Å². The zero-order chi connectivity index (χ0) is 17.5. The molecule has 1 aliphatic carbocycles. The van der Waals surface area contributed by atoms with E-state index in [0.29, 0.717) is 12.1 Å². The van der Waals surface area contributed by atoms with Crippen LogP contribution in [-0.4, -0.2) is 20.8 Å². The van der Waals surface area contributed by atoms with Crippen LogP contribution in [0.4, 0.5) is 6.01 Å². The van der Waals surface area contributed by atoms with Crippen molar-refractivity contribution in [2.24, 2.45) is 7.05 Å². The van der Waals surface area contributed by atoms with E-state index >= 15 is 0 Å². The van der Waals surface area contributed by atoms with Crippen molar-refractivity contribution < 1.29 is 4.42 Å². The van der Waals surface area contributed by atoms with Gasteiger partial charge in [-0.25, -0.2) is 0 Å². The van der Waals surface area contributed by atoms with Crippen LogP contribution in [0.1, 0.15) is 32.1 Å². The molecule has 2 heterocycles. The van der Waals surface area contributed by atoms with E-state index in [2.05, 4.69) is 39.8 Å². The van der Waals surface area contributed by atoms with Gasteiger partial charge in [-0.15, -0.1) is 0 Å². The molecular formula is C21H22N4O. The van der Waals surface area contributed by atoms with Gasteiger partial charge in [0.1, 0.15) is 5.52 Å². The lowest BCUT2D eigenvalue weighted by molar-refractivity contribution is 0.451. The molecule has 0 bridgehead atoms. The van der Waals surface area contributed by atoms with Crippen LogP contribution in [0.5, 0.6) is 0 Å². The summed E-state index contributed by atoms with van der Waals surface area (Å²) in [7, 11) is 1.95. The molecule has 0 aliphatic heterocycles. The van der Waals surface area contributed by atoms with Crippen molar-refractivity contribution in [3.8, 4) is 11.1 Å². The predicted octanol–water partition coefficient (Wildman–Crippen LogP) is 5.13. The first-order valence-electron chi connectivity index (χ1n) is 9.36. The van der Waals surface area contributed by atoms with E-state index in [9.17, 15) is 0 Å². The average Bonchev–Trinajstić information content (AvgIpc) is 3.23. The minimum absolute atomic E-state index is 0.487. The second-order valence-electron chi connectivity index (χ2n) is 7.22. The minimum Gasteiger partial charge on any atom is -0.424 e. The fraction of sp³-hybridized carbons (Fsp3) is 0.333. The molecule has 0 radical (unpaired) electrons. The standard InChI is InChI=1S/C21H22N4O/c1-25-13-17-16(8-5-9-18(17)24-25)14-10-11-20-19(12-14)23-21(26-20)22-15-6-3-2-4-7-15/h5,8-13,15H,2-4,6-7H2,1H3,(H,22,23). The molecular weight excluding hydrogens is 324 g/mol. The lowest BCUT2D eigenvalue weighted by Gasteiger charge is -2.21. The average molecular weight is 346 g/mol. The SMILES string of the molecule is Cn1cc2c(-c3ccc4oc(NC5CCCCC5)nc4c3)cccc2n1. The predicted molar refractivity (Wildman–Crippen MR) is 104 cm³/mol. The van der Waals surface area contributed by atoms with E-state index in [1.54, 1.807) is 0 Å². The smallest absolute Gasteiger partial charge is 0.295 e. The van der Waals surface area contributed by atoms with Crippen LogP contribution in [-0.2, 0) is 7.05 Å². The van der Waals surface area contributed by atoms with Gasteiger partial charge in [-0.1, -0.05) is 37.5 Å². The monoisotopic (exact) mass is 346 g/mol. The Morgan fingerprint density at radius 2 is 1.96 bits per heavy atom. The van der Waals surface area contributed by atoms with Gasteiger partial charge in [0.05, 0.1) is 5.52 Å². The largest absolute Gasteiger partial charge is 0.424 e. The molecule has 0 amide bonds. The van der Waals surface area contributed by atoms with E-state index < -0.39 is 0 Å². The maximum absolute atomic E-state index is 5.91. The molecule has 5 heteroatoms. The number of oxazole rings is 1. The Hall–Kier alpha value is -2.82. The van der Waals surface area contributed by atoms with Crippen LogP contribution >= 0.6 is 0 Å². The molecule has 4 aromatic rings. The fourth-order valence-corrected chi connectivity index (χ4v) is 3.99. The Labute approximate surface area is 152 Å². The Morgan fingerprint density at radius 1 is 1.08 bits per heavy atom. The summed E-state index contributed by atoms with van der Waals surface area (Å²) in [5, 5.41) is 9.13. The Balaban J connectivity index is 1.51. The Kier molecular flexibility index (Phi) is 3.66. The third-order valence-corrected chi connectivity index (χ3v) is 5.30. The van der Waals surface area contributed by atoms with Gasteiger partial charge in [0.15, 0.2) is 5.58 Å². The summed E-state index contributed by atoms with van der Waals surface area (Å²) in [5.74, 6) is 0. The summed E-state index contributed by atoms with van der Waals surface area (Å²) in [6, 6.07) is 13.6. The summed E-state index contributed by atoms with van der Waals surface area (Å²) in [4.78, 5) is 4.68. The quantitative estimate of drug-likeness (QED) is 0.559. The molecule has 1 N–H and O–H groups in total. The van der Waals surface area contributed by atoms with Crippen LogP contribution in [0, 0.1) is 0 Å². The van der Waals surface area contributed by atoms with Crippen molar-refractivity contribution >= 4 is 28.0 Å². The number of anilines is 1. The molecule has 5 rings (SSSR count). The van der Waals surface area contributed by atoms with Crippen molar-refractivity contribution in [3.63, 3.8) is 0 Å². The number of hydrogen-bond acceptors (Lipinski definition) is 4. The number of nitrogens with one attached hydrogen (secondary N) is 1. The number of aryl methyl sites for hydroxylation is 1. The zero-order valence-electron chi connectivity index (χ0n) is 14.9. The van der Waals surface area contributed by atoms with Crippen molar-refractivity contribution in [2.45, 2.75) is 38.1 Å². The number of benzene rings is 2. The van der Waals surface area contributed by atoms with Crippen molar-refractivity contribution in [1.82, 2.24) is 14.8 Å². The van der Waals surface area contributed by atoms with E-state index in [0.717, 1.165) is 27.6 Å². The Morgan fingerprint density at radius 3 is 2.85 bits per heavy atom. The van der Waals surface area contributed by atoms with Crippen LogP contribution in [0.25, 0.3) is 33.1 Å². The third kappa shape index (κ3) is 2.73. The van der Waals surface area contributed by atoms with E-state index in [4.69, 9.17) is 4.42 Å². The van der Waals surface area contributed by atoms with Gasteiger partial charge in [-0.3, -0.25) is 4.68 Å². The number of fused-ring (bicyclic) bond motifs is 2. The molecule has 26 heavy (non-hydrogen) atoms. The second-order valence-corrected chi connectivity index (χ2v) is 7.22. The van der Waals surface area contributed by atoms with Gasteiger partial charge >= 0.3 is 0 Å². The number of nitrogens with zero attached hydrogens (tertiary/aromatic N) is 3. The van der Waals surface area contributed by atoms with E-state index in [-0.39, 0.29) is 0 Å². The van der Waals surface area contributed by atoms with E-state index in [1.165, 1.54) is 37.7 Å². The van der Waals surface area contributed by atoms with Crippen LogP contribution in [0.3, 0.4) is 0 Å². The Bertz CT molecular complexity index is 1070. The lowest BCUT2D eigenvalue weighted by atomic mass is 9.96. The highest BCUT2D eigenvalue weighted by molar-refractivity contribution is 5.96. The second kappa shape index (κ2) is 6.16. The highest BCUT2D eigenvalue weighted by Crippen LogP contribution is 2.31. The topological polar surface area (TPSA) is 55.9 Å². The first-order chi connectivity index (χ1) is 12.8. The van der Waals surface area contributed by atoms with Gasteiger partial charge in [0, 0.05) is 24.7 Å². The van der Waals surface area contributed by atoms with Crippen LogP contribution in [0.2, 0.25) is 0 Å². The van der Waals surface area contributed by atoms with Crippen LogP contribution < -0.4 is 5.32 Å². The molecule has 0 unspecified atom stereocenters. The molecule has 0 saturated heterocycles. The normalized spacial score (nSPS) is 15.7. The number of aromatic nitrogens is 3. The summed E-state index contributed by atoms with van der Waals surface area (Å²) >= 11 is 0. The van der Waals surface area contributed by atoms with Gasteiger partial charge in [0.2, 0.25) is 0 Å². The maximum atomic E-state index is 5.91. The highest BCUT2D eigenvalue weighted by atomic mass is 16.4. The highest BCUT2D eigenvalue weighted by Gasteiger charge is 2.16. The zero-order valence-corrected chi connectivity index (χ0v) is 14.9. The first-order valence-corrected chi connectivity index (χ1v) is 9.36. The summed E-state index contributed by atoms with van der Waals surface area (Å²) in [5.41, 5.74) is 5.02. The summed E-state index contributed by atoms with van der Waals surface area (Å²) in [6.07, 6.45) is 8.39. The van der Waals surface area contributed by atoms with Gasteiger partial charge in [-0.2, -0.15) is 10.1 Å². The minimum atomic E-state index is 0.487. The molecule has 1 aliphatic rings. The molecule has 1 fully saturated rings. The lowest BCUT2D eigenvalue weighted by Crippen LogP contribution is -2.22. The van der Waals surface area contributed by atoms with E-state index in [1.807, 2.05) is 29.9 Å². The fourth-order valence-electron chi connectivity index (χ4n) is 3.99. The third-order valence-electron chi connectivity index (χ3n) is 5.30. The maximum Gasteiger partial charge on any atom is 0.295 e. The van der Waals surface area contributed by atoms with Gasteiger partial charge < -0.3 is 9.73 Å². The number of hydrogen-bond donors (Lipinski definition) is 1. The van der Waals surface area contributed by atoms with Crippen molar-refractivity contribution in [3.05, 3.63) is 42.6 Å². The summed E-state index contributed by atoms with van der Waals surface area (Å²) in [6.45, 7) is 0. The molecule has 132 valence electrons. The molecule has 0 atom stereocenters. The molecule has 2 aromatic carbocycles. The molecule has 5 nitrogen and oxygen atoms in total. The van der Waals surface area contributed by atoms with Gasteiger partial charge in [0.25, 0.3) is 6.01 Å². The molecule has 0 spiro atoms. The van der Waals surface area contributed by atoms with Crippen LogP contribution in [0.15, 0.2) is 47.0 Å². The summed E-state index contributed by atoms with van der Waals surface area (Å²) < 4.78 is 7.77. The number of rotatable bonds is 3. The first kappa shape index (κ1) is 15.4. The molecule has 2 aromatic heterocycles. The molecule has 1 saturated carbocycles. The van der Waals surface area contributed by atoms with Gasteiger partial charge in [-0.05, 0) is 42.2 Å².